The van der Waals surface area contributed by atoms with Crippen LogP contribution in [0.3, 0.4) is 0 Å². The van der Waals surface area contributed by atoms with Crippen LogP contribution < -0.4 is 0 Å². The molecule has 4 N–H and O–H groups in total. The number of aliphatic hydroxyl groups excluding tert-OH is 4. The molecule has 4 fully saturated rings. The molecule has 3 unspecified atom stereocenters. The van der Waals surface area contributed by atoms with Crippen LogP contribution in [0.5, 0.6) is 0 Å². The normalized spacial score (nSPS) is 17.3. The molecule has 0 saturated carbocycles. The number of carbonyl (C=O) groups excluding carboxylic acids is 15. The number of ether oxygens (including phenoxy) is 8. The number of rotatable bonds is 50. The minimum absolute atomic E-state index is 0.0316. The second-order valence-corrected chi connectivity index (χ2v) is 22.2. The Balaban J connectivity index is 1.18. The van der Waals surface area contributed by atoms with Gasteiger partial charge in [0.2, 0.25) is 0 Å². The van der Waals surface area contributed by atoms with E-state index in [9.17, 15) is 92.3 Å². The summed E-state index contributed by atoms with van der Waals surface area (Å²) in [6, 6.07) is 0. The van der Waals surface area contributed by atoms with Crippen LogP contribution in [0.25, 0.3) is 0 Å². The molecule has 4 aliphatic heterocycles. The summed E-state index contributed by atoms with van der Waals surface area (Å²) in [7, 11) is 0. The second kappa shape index (κ2) is 44.1. The summed E-state index contributed by atoms with van der Waals surface area (Å²) in [6.45, 7) is -7.76. The third-order valence-corrected chi connectivity index (χ3v) is 14.1. The van der Waals surface area contributed by atoms with Crippen molar-refractivity contribution in [3.8, 4) is 0 Å². The minimum Gasteiger partial charge on any atom is -0.462 e. The van der Waals surface area contributed by atoms with Crippen LogP contribution in [0.4, 0.5) is 0 Å². The molecule has 94 heavy (non-hydrogen) atoms. The lowest BCUT2D eigenvalue weighted by molar-refractivity contribution is -0.295. The number of hydrogen-bond donors (Lipinski definition) is 4. The van der Waals surface area contributed by atoms with Gasteiger partial charge in [0, 0.05) is 103 Å². The maximum atomic E-state index is 12.9. The quantitative estimate of drug-likeness (QED) is 0.0220. The Bertz CT molecular complexity index is 2520. The SMILES string of the molecule is O=C(CCCCCC(=O)ON1C(=O)CCC1=O)OC[C@H](COC(O)OCC(O)COC(O)OC[C@@H](COC(=O)CCCCCC(=O)ON1C(=O)CC[C@H]1O)OC(=O)CCCCCCCC(=O)ON1C(=O)CCC1=O)OC(=O)CCCCCCCC(=O)ON1C(=O)CCC1=O. The van der Waals surface area contributed by atoms with Crippen molar-refractivity contribution in [1.82, 2.24) is 20.3 Å². The molecule has 35 nitrogen and oxygen atoms in total. The standard InChI is InChI=1S/C59H86N4O31/c64-39(33-85-58(81)87-37-40(35-83-50(73)17-13-7-15-23-56(79)93-62-46(69)29-30-47(62)70)89-52(75)19-9-3-1-5-11-21-54(77)91-60-42(65)25-26-43(60)66)34-86-59(82)88-38-41(36-84-51(74)18-14-8-16-24-57(80)94-63-48(71)31-32-49(63)72)90-53(76)20-10-4-2-6-12-22-55(78)92-61-44(67)27-28-45(61)68/h39-41,46,58-59,64,69,81-82H,1-38H2/t39?,40-,41-,46-,58?,59?/m1/s1. The lowest BCUT2D eigenvalue weighted by Gasteiger charge is -2.22. The largest absolute Gasteiger partial charge is 0.462 e. The Morgan fingerprint density at radius 2 is 0.596 bits per heavy atom. The summed E-state index contributed by atoms with van der Waals surface area (Å²) >= 11 is 0. The molecule has 7 amide bonds. The molecule has 0 aromatic rings. The van der Waals surface area contributed by atoms with Crippen LogP contribution in [0.1, 0.15) is 205 Å². The Morgan fingerprint density at radius 3 is 0.904 bits per heavy atom. The van der Waals surface area contributed by atoms with Gasteiger partial charge in [-0.2, -0.15) is 0 Å². The van der Waals surface area contributed by atoms with E-state index in [0.717, 1.165) is 0 Å². The first-order valence-corrected chi connectivity index (χ1v) is 31.6. The zero-order chi connectivity index (χ0) is 68.8. The number of unbranched alkanes of at least 4 members (excludes halogenated alkanes) is 12. The average molecular weight is 1350 g/mol. The van der Waals surface area contributed by atoms with Crippen molar-refractivity contribution in [2.45, 2.75) is 243 Å². The van der Waals surface area contributed by atoms with E-state index in [1.54, 1.807) is 0 Å². The highest BCUT2D eigenvalue weighted by Crippen LogP contribution is 2.21. The van der Waals surface area contributed by atoms with Gasteiger partial charge in [-0.15, -0.1) is 20.3 Å². The highest BCUT2D eigenvalue weighted by atomic mass is 16.8. The third-order valence-electron chi connectivity index (χ3n) is 14.1. The van der Waals surface area contributed by atoms with Crippen molar-refractivity contribution < 1.29 is 150 Å². The second-order valence-electron chi connectivity index (χ2n) is 22.2. The van der Waals surface area contributed by atoms with Gasteiger partial charge in [-0.3, -0.25) is 52.7 Å². The van der Waals surface area contributed by atoms with E-state index in [0.29, 0.717) is 97.3 Å². The highest BCUT2D eigenvalue weighted by Gasteiger charge is 2.36. The Labute approximate surface area is 540 Å². The Hall–Kier alpha value is -7.67. The molecule has 0 radical (unpaired) electrons. The van der Waals surface area contributed by atoms with Crippen molar-refractivity contribution in [3.05, 3.63) is 0 Å². The van der Waals surface area contributed by atoms with Gasteiger partial charge in [0.15, 0.2) is 18.4 Å². The van der Waals surface area contributed by atoms with Crippen LogP contribution in [0.2, 0.25) is 0 Å². The zero-order valence-corrected chi connectivity index (χ0v) is 52.4. The average Bonchev–Trinajstić information content (AvgIpc) is 1.82. The van der Waals surface area contributed by atoms with Crippen molar-refractivity contribution in [3.63, 3.8) is 0 Å². The molecule has 6 atom stereocenters. The molecule has 4 aliphatic rings. The molecule has 0 bridgehead atoms. The fraction of sp³-hybridized carbons (Fsp3) is 0.746. The topological polar surface area (TPSA) is 461 Å². The molecule has 0 aromatic heterocycles. The first kappa shape index (κ1) is 78.8. The molecule has 0 spiro atoms. The number of esters is 4. The number of hydrogen-bond acceptors (Lipinski definition) is 31. The minimum atomic E-state index is -2.07. The predicted molar refractivity (Wildman–Crippen MR) is 304 cm³/mol. The number of amides is 7. The molecule has 4 heterocycles. The third kappa shape index (κ3) is 32.5. The number of aliphatic hydroxyl groups is 4. The summed E-state index contributed by atoms with van der Waals surface area (Å²) in [5.41, 5.74) is 0. The fourth-order valence-corrected chi connectivity index (χ4v) is 9.05. The molecule has 528 valence electrons. The molecule has 0 aliphatic carbocycles. The van der Waals surface area contributed by atoms with Crippen molar-refractivity contribution in [2.24, 2.45) is 0 Å². The van der Waals surface area contributed by atoms with Gasteiger partial charge < -0.3 is 77.7 Å². The Kier molecular flexibility index (Phi) is 36.9. The van der Waals surface area contributed by atoms with Crippen LogP contribution in [0.15, 0.2) is 0 Å². The van der Waals surface area contributed by atoms with E-state index in [1.165, 1.54) is 0 Å². The summed E-state index contributed by atoms with van der Waals surface area (Å²) in [4.78, 5) is 201. The first-order valence-electron chi connectivity index (χ1n) is 31.6. The van der Waals surface area contributed by atoms with E-state index in [-0.39, 0.29) is 128 Å². The van der Waals surface area contributed by atoms with E-state index < -0.39 is 166 Å². The van der Waals surface area contributed by atoms with Gasteiger partial charge in [0.25, 0.3) is 54.3 Å². The summed E-state index contributed by atoms with van der Waals surface area (Å²) in [5, 5.41) is 43.2. The first-order chi connectivity index (χ1) is 45.0. The van der Waals surface area contributed by atoms with E-state index in [4.69, 9.17) is 57.2 Å². The zero-order valence-electron chi connectivity index (χ0n) is 52.4. The predicted octanol–water partition coefficient (Wildman–Crippen LogP) is 1.46. The van der Waals surface area contributed by atoms with Crippen LogP contribution >= 0.6 is 0 Å². The molecule has 4 saturated heterocycles. The van der Waals surface area contributed by atoms with E-state index in [2.05, 4.69) is 0 Å². The smallest absolute Gasteiger partial charge is 0.333 e. The van der Waals surface area contributed by atoms with Gasteiger partial charge in [-0.05, 0) is 51.4 Å². The fourth-order valence-electron chi connectivity index (χ4n) is 9.05. The lowest BCUT2D eigenvalue weighted by Crippen LogP contribution is -2.35. The van der Waals surface area contributed by atoms with Crippen LogP contribution in [-0.2, 0) is 129 Å². The molecule has 4 rings (SSSR count). The highest BCUT2D eigenvalue weighted by molar-refractivity contribution is 6.03. The monoisotopic (exact) mass is 1350 g/mol. The summed E-state index contributed by atoms with van der Waals surface area (Å²) < 4.78 is 42.3. The van der Waals surface area contributed by atoms with Crippen LogP contribution in [0, 0.1) is 0 Å². The summed E-state index contributed by atoms with van der Waals surface area (Å²) in [6.07, 6.45) is 0.444. The van der Waals surface area contributed by atoms with Gasteiger partial charge in [0.1, 0.15) is 19.3 Å². The number of imide groups is 3. The molecule has 0 aromatic carbocycles. The van der Waals surface area contributed by atoms with Gasteiger partial charge in [-0.1, -0.05) is 51.4 Å². The van der Waals surface area contributed by atoms with Crippen molar-refractivity contribution in [2.75, 3.05) is 39.6 Å². The number of hydroxylamine groups is 8. The van der Waals surface area contributed by atoms with Crippen molar-refractivity contribution in [1.29, 1.82) is 0 Å². The summed E-state index contributed by atoms with van der Waals surface area (Å²) in [5.74, 6) is -10.0. The molecular weight excluding hydrogens is 1260 g/mol. The maximum absolute atomic E-state index is 12.9. The van der Waals surface area contributed by atoms with E-state index in [1.807, 2.05) is 0 Å². The lowest BCUT2D eigenvalue weighted by atomic mass is 10.1. The molecule has 35 heteroatoms. The van der Waals surface area contributed by atoms with Gasteiger partial charge in [-0.25, -0.2) is 19.2 Å². The molecular formula is C59H86N4O31. The van der Waals surface area contributed by atoms with Gasteiger partial charge in [0.05, 0.1) is 26.4 Å². The number of nitrogens with zero attached hydrogens (tertiary/aromatic N) is 4. The number of carbonyl (C=O) groups is 15. The van der Waals surface area contributed by atoms with Gasteiger partial charge >= 0.3 is 47.8 Å². The Morgan fingerprint density at radius 1 is 0.330 bits per heavy atom. The maximum Gasteiger partial charge on any atom is 0.333 e. The van der Waals surface area contributed by atoms with E-state index >= 15 is 0 Å². The van der Waals surface area contributed by atoms with Crippen molar-refractivity contribution >= 4 is 89.1 Å². The van der Waals surface area contributed by atoms with Crippen LogP contribution in [-0.4, -0.2) is 207 Å².